The summed E-state index contributed by atoms with van der Waals surface area (Å²) in [5.74, 6) is -4.32. The zero-order valence-electron chi connectivity index (χ0n) is 14.4. The largest absolute Gasteiger partial charge is 0.395 e. The highest BCUT2D eigenvalue weighted by molar-refractivity contribution is 7.98. The predicted octanol–water partition coefficient (Wildman–Crippen LogP) is 3.93. The quantitative estimate of drug-likeness (QED) is 0.700. The van der Waals surface area contributed by atoms with Gasteiger partial charge in [0.2, 0.25) is 0 Å². The number of hydrogen-bond donors (Lipinski definition) is 0. The predicted molar refractivity (Wildman–Crippen MR) is 90.2 cm³/mol. The number of rotatable bonds is 4. The molecule has 0 amide bonds. The molecule has 7 heteroatoms. The summed E-state index contributed by atoms with van der Waals surface area (Å²) in [7, 11) is 0. The van der Waals surface area contributed by atoms with Gasteiger partial charge in [-0.05, 0) is 24.7 Å². The van der Waals surface area contributed by atoms with Gasteiger partial charge in [0.1, 0.15) is 5.92 Å². The van der Waals surface area contributed by atoms with Crippen molar-refractivity contribution in [2.75, 3.05) is 12.0 Å². The Morgan fingerprint density at radius 3 is 2.52 bits per heavy atom. The molecule has 0 aromatic carbocycles. The van der Waals surface area contributed by atoms with E-state index in [2.05, 4.69) is 0 Å². The Labute approximate surface area is 149 Å². The van der Waals surface area contributed by atoms with Crippen LogP contribution in [0.5, 0.6) is 0 Å². The van der Waals surface area contributed by atoms with Gasteiger partial charge in [0, 0.05) is 23.2 Å². The van der Waals surface area contributed by atoms with Crippen molar-refractivity contribution in [3.8, 4) is 0 Å². The van der Waals surface area contributed by atoms with Gasteiger partial charge >= 0.3 is 6.18 Å². The van der Waals surface area contributed by atoms with Crippen molar-refractivity contribution in [2.24, 2.45) is 17.3 Å². The Kier molecular flexibility index (Phi) is 5.66. The maximum Gasteiger partial charge on any atom is 0.395 e. The van der Waals surface area contributed by atoms with Gasteiger partial charge in [-0.1, -0.05) is 26.0 Å². The Balaban J connectivity index is 2.34. The minimum absolute atomic E-state index is 0.0965. The van der Waals surface area contributed by atoms with Crippen LogP contribution in [0.1, 0.15) is 33.1 Å². The zero-order chi connectivity index (χ0) is 19.0. The summed E-state index contributed by atoms with van der Waals surface area (Å²) in [4.78, 5) is 37.6. The summed E-state index contributed by atoms with van der Waals surface area (Å²) in [6, 6.07) is 0. The van der Waals surface area contributed by atoms with E-state index >= 15 is 0 Å². The molecule has 25 heavy (non-hydrogen) atoms. The van der Waals surface area contributed by atoms with E-state index in [4.69, 9.17) is 0 Å². The van der Waals surface area contributed by atoms with Crippen molar-refractivity contribution in [3.05, 3.63) is 23.3 Å². The van der Waals surface area contributed by atoms with Crippen LogP contribution < -0.4 is 0 Å². The lowest BCUT2D eigenvalue weighted by atomic mass is 9.67. The minimum atomic E-state index is -4.38. The summed E-state index contributed by atoms with van der Waals surface area (Å²) in [6.07, 6.45) is -0.179. The van der Waals surface area contributed by atoms with Crippen molar-refractivity contribution in [1.82, 2.24) is 0 Å². The van der Waals surface area contributed by atoms with E-state index < -0.39 is 40.8 Å². The van der Waals surface area contributed by atoms with Gasteiger partial charge in [-0.15, -0.1) is 0 Å². The SMILES string of the molecule is CSCC1=CC(C(F)(F)F)CC=C1C(=O)C1C(=O)CCC(C)(C)C1=O. The van der Waals surface area contributed by atoms with E-state index in [1.165, 1.54) is 17.8 Å². The van der Waals surface area contributed by atoms with Crippen molar-refractivity contribution >= 4 is 29.1 Å². The molecule has 0 N–H and O–H groups in total. The summed E-state index contributed by atoms with van der Waals surface area (Å²) >= 11 is 1.29. The maximum atomic E-state index is 13.0. The fourth-order valence-corrected chi connectivity index (χ4v) is 3.77. The van der Waals surface area contributed by atoms with Crippen molar-refractivity contribution in [1.29, 1.82) is 0 Å². The molecule has 2 unspecified atom stereocenters. The van der Waals surface area contributed by atoms with Crippen molar-refractivity contribution in [2.45, 2.75) is 39.3 Å². The fourth-order valence-electron chi connectivity index (χ4n) is 3.21. The fraction of sp³-hybridized carbons (Fsp3) is 0.611. The number of ketones is 3. The molecule has 1 fully saturated rings. The number of thioether (sulfide) groups is 1. The molecule has 2 atom stereocenters. The van der Waals surface area contributed by atoms with Crippen LogP contribution in [0.4, 0.5) is 13.2 Å². The molecule has 138 valence electrons. The van der Waals surface area contributed by atoms with Crippen LogP contribution in [0.25, 0.3) is 0 Å². The number of alkyl halides is 3. The van der Waals surface area contributed by atoms with Gasteiger partial charge in [-0.3, -0.25) is 14.4 Å². The second-order valence-electron chi connectivity index (χ2n) is 7.14. The highest BCUT2D eigenvalue weighted by atomic mass is 32.2. The Hall–Kier alpha value is -1.37. The highest BCUT2D eigenvalue weighted by Gasteiger charge is 2.47. The number of halogens is 3. The van der Waals surface area contributed by atoms with Crippen LogP contribution in [0.2, 0.25) is 0 Å². The van der Waals surface area contributed by atoms with E-state index in [0.29, 0.717) is 6.42 Å². The van der Waals surface area contributed by atoms with Gasteiger partial charge in [0.15, 0.2) is 17.3 Å². The first-order valence-corrected chi connectivity index (χ1v) is 9.46. The lowest BCUT2D eigenvalue weighted by molar-refractivity contribution is -0.161. The number of carbonyl (C=O) groups excluding carboxylic acids is 3. The van der Waals surface area contributed by atoms with E-state index in [1.54, 1.807) is 20.1 Å². The van der Waals surface area contributed by atoms with Gasteiger partial charge in [0.25, 0.3) is 0 Å². The summed E-state index contributed by atoms with van der Waals surface area (Å²) in [6.45, 7) is 3.38. The Bertz CT molecular complexity index is 659. The van der Waals surface area contributed by atoms with Crippen LogP contribution in [-0.4, -0.2) is 35.5 Å². The van der Waals surface area contributed by atoms with Crippen molar-refractivity contribution < 1.29 is 27.6 Å². The van der Waals surface area contributed by atoms with Crippen LogP contribution in [0.15, 0.2) is 23.3 Å². The third-order valence-electron chi connectivity index (χ3n) is 4.82. The molecule has 2 aliphatic rings. The highest BCUT2D eigenvalue weighted by Crippen LogP contribution is 2.39. The van der Waals surface area contributed by atoms with Crippen LogP contribution >= 0.6 is 11.8 Å². The van der Waals surface area contributed by atoms with Gasteiger partial charge in [-0.25, -0.2) is 0 Å². The van der Waals surface area contributed by atoms with Crippen LogP contribution in [-0.2, 0) is 14.4 Å². The number of hydrogen-bond acceptors (Lipinski definition) is 4. The molecular formula is C18H21F3O3S. The summed E-state index contributed by atoms with van der Waals surface area (Å²) in [5, 5.41) is 0. The normalized spacial score (nSPS) is 27.0. The van der Waals surface area contributed by atoms with Crippen molar-refractivity contribution in [3.63, 3.8) is 0 Å². The minimum Gasteiger partial charge on any atom is -0.298 e. The summed E-state index contributed by atoms with van der Waals surface area (Å²) < 4.78 is 39.0. The molecule has 0 aliphatic heterocycles. The van der Waals surface area contributed by atoms with Gasteiger partial charge in [0.05, 0.1) is 5.92 Å². The second kappa shape index (κ2) is 7.09. The Morgan fingerprint density at radius 2 is 1.96 bits per heavy atom. The zero-order valence-corrected chi connectivity index (χ0v) is 15.2. The van der Waals surface area contributed by atoms with E-state index in [9.17, 15) is 27.6 Å². The molecule has 2 aliphatic carbocycles. The number of allylic oxidation sites excluding steroid dienone is 3. The average molecular weight is 374 g/mol. The molecule has 0 saturated heterocycles. The lowest BCUT2D eigenvalue weighted by Gasteiger charge is -2.33. The first-order chi connectivity index (χ1) is 11.5. The topological polar surface area (TPSA) is 51.2 Å². The monoisotopic (exact) mass is 374 g/mol. The number of Topliss-reactive ketones (excluding diaryl/α,β-unsaturated/α-hetero) is 3. The first-order valence-electron chi connectivity index (χ1n) is 8.07. The standard InChI is InChI=1S/C18H21F3O3S/c1-17(2)7-6-13(22)14(16(17)24)15(23)12-5-4-11(18(19,20)21)8-10(12)9-25-3/h5,8,11,14H,4,6-7,9H2,1-3H3. The molecule has 2 rings (SSSR count). The molecule has 0 spiro atoms. The maximum absolute atomic E-state index is 13.0. The van der Waals surface area contributed by atoms with Gasteiger partial charge in [-0.2, -0.15) is 24.9 Å². The van der Waals surface area contributed by atoms with Gasteiger partial charge < -0.3 is 0 Å². The second-order valence-corrected chi connectivity index (χ2v) is 8.00. The molecule has 1 saturated carbocycles. The molecule has 3 nitrogen and oxygen atoms in total. The smallest absolute Gasteiger partial charge is 0.298 e. The molecule has 0 bridgehead atoms. The lowest BCUT2D eigenvalue weighted by Crippen LogP contribution is -2.45. The van der Waals surface area contributed by atoms with Crippen LogP contribution in [0.3, 0.4) is 0 Å². The third-order valence-corrected chi connectivity index (χ3v) is 5.42. The van der Waals surface area contributed by atoms with E-state index in [-0.39, 0.29) is 29.7 Å². The molecule has 0 radical (unpaired) electrons. The molecule has 0 aromatic rings. The number of carbonyl (C=O) groups is 3. The third kappa shape index (κ3) is 4.07. The van der Waals surface area contributed by atoms with E-state index in [0.717, 1.165) is 6.08 Å². The first kappa shape index (κ1) is 19.9. The molecule has 0 heterocycles. The van der Waals surface area contributed by atoms with Crippen LogP contribution in [0, 0.1) is 17.3 Å². The van der Waals surface area contributed by atoms with E-state index in [1.807, 2.05) is 0 Å². The molecule has 0 aromatic heterocycles. The average Bonchev–Trinajstić information content (AvgIpc) is 2.51. The Morgan fingerprint density at radius 1 is 1.32 bits per heavy atom. The summed E-state index contributed by atoms with van der Waals surface area (Å²) in [5.41, 5.74) is -0.421. The molecular weight excluding hydrogens is 353 g/mol.